The normalized spacial score (nSPS) is 13.2. The molecule has 0 bridgehead atoms. The van der Waals surface area contributed by atoms with Gasteiger partial charge in [-0.05, 0) is 59.9 Å². The summed E-state index contributed by atoms with van der Waals surface area (Å²) in [5, 5.41) is 8.14. The van der Waals surface area contributed by atoms with Gasteiger partial charge in [0.2, 0.25) is 0 Å². The first kappa shape index (κ1) is 21.0. The van der Waals surface area contributed by atoms with Crippen molar-refractivity contribution in [3.8, 4) is 22.5 Å². The van der Waals surface area contributed by atoms with Gasteiger partial charge < -0.3 is 4.57 Å². The first-order valence-corrected chi connectivity index (χ1v) is 10.9. The van der Waals surface area contributed by atoms with E-state index in [1.54, 1.807) is 21.9 Å². The van der Waals surface area contributed by atoms with Crippen molar-refractivity contribution in [3.05, 3.63) is 83.1 Å². The highest BCUT2D eigenvalue weighted by atomic mass is 19.1. The Bertz CT molecular complexity index is 1390. The number of benzene rings is 2. The Kier molecular flexibility index (Phi) is 5.04. The molecule has 0 atom stereocenters. The molecule has 2 aromatic heterocycles. The Labute approximate surface area is 191 Å². The van der Waals surface area contributed by atoms with E-state index in [0.717, 1.165) is 33.5 Å². The SMILES string of the molecule is Cc1ccc2c(c1)C(=O)N(c1cc(-c3ccc(F)cc3-c3nncn3C)cc(C(C)C)n1)C2. The summed E-state index contributed by atoms with van der Waals surface area (Å²) in [6, 6.07) is 14.5. The van der Waals surface area contributed by atoms with Crippen LogP contribution in [0.2, 0.25) is 0 Å². The number of rotatable bonds is 4. The van der Waals surface area contributed by atoms with Gasteiger partial charge in [-0.3, -0.25) is 9.69 Å². The van der Waals surface area contributed by atoms with Gasteiger partial charge in [0.05, 0.1) is 6.54 Å². The van der Waals surface area contributed by atoms with E-state index < -0.39 is 0 Å². The predicted octanol–water partition coefficient (Wildman–Crippen LogP) is 5.28. The summed E-state index contributed by atoms with van der Waals surface area (Å²) < 4.78 is 16.0. The summed E-state index contributed by atoms with van der Waals surface area (Å²) in [4.78, 5) is 19.8. The number of pyridine rings is 1. The zero-order valence-corrected chi connectivity index (χ0v) is 19.0. The topological polar surface area (TPSA) is 63.9 Å². The van der Waals surface area contributed by atoms with E-state index in [1.807, 2.05) is 44.3 Å². The van der Waals surface area contributed by atoms with E-state index in [1.165, 1.54) is 12.1 Å². The van der Waals surface area contributed by atoms with Gasteiger partial charge in [-0.1, -0.05) is 37.6 Å². The quantitative estimate of drug-likeness (QED) is 0.433. The van der Waals surface area contributed by atoms with Crippen molar-refractivity contribution in [2.75, 3.05) is 4.90 Å². The van der Waals surface area contributed by atoms with Gasteiger partial charge in [-0.15, -0.1) is 10.2 Å². The van der Waals surface area contributed by atoms with Crippen LogP contribution in [0, 0.1) is 12.7 Å². The fourth-order valence-corrected chi connectivity index (χ4v) is 4.21. The summed E-state index contributed by atoms with van der Waals surface area (Å²) in [5.74, 6) is 0.887. The number of halogens is 1. The molecule has 0 N–H and O–H groups in total. The Hall–Kier alpha value is -3.87. The standard InChI is InChI=1S/C26H24FN5O/c1-15(2)23-10-18(20-8-7-19(27)12-22(20)25-30-28-14-31(25)4)11-24(29-23)32-13-17-6-5-16(3)9-21(17)26(32)33/h5-12,14-15H,13H2,1-4H3. The van der Waals surface area contributed by atoms with Crippen LogP contribution in [-0.4, -0.2) is 25.7 Å². The Morgan fingerprint density at radius 2 is 1.82 bits per heavy atom. The van der Waals surface area contributed by atoms with Crippen molar-refractivity contribution >= 4 is 11.7 Å². The molecule has 1 aliphatic heterocycles. The van der Waals surface area contributed by atoms with E-state index in [0.29, 0.717) is 23.8 Å². The second-order valence-corrected chi connectivity index (χ2v) is 8.80. The highest BCUT2D eigenvalue weighted by Gasteiger charge is 2.30. The highest BCUT2D eigenvalue weighted by Crippen LogP contribution is 2.36. The van der Waals surface area contributed by atoms with Gasteiger partial charge in [0.1, 0.15) is 18.0 Å². The number of nitrogens with zero attached hydrogens (tertiary/aromatic N) is 5. The van der Waals surface area contributed by atoms with E-state index in [-0.39, 0.29) is 17.6 Å². The first-order valence-electron chi connectivity index (χ1n) is 10.9. The molecule has 0 saturated carbocycles. The summed E-state index contributed by atoms with van der Waals surface area (Å²) >= 11 is 0. The monoisotopic (exact) mass is 441 g/mol. The Morgan fingerprint density at radius 1 is 1.00 bits per heavy atom. The maximum Gasteiger partial charge on any atom is 0.260 e. The smallest absolute Gasteiger partial charge is 0.260 e. The maximum atomic E-state index is 14.2. The molecule has 0 saturated heterocycles. The van der Waals surface area contributed by atoms with Gasteiger partial charge >= 0.3 is 0 Å². The molecule has 33 heavy (non-hydrogen) atoms. The van der Waals surface area contributed by atoms with Crippen LogP contribution in [0.4, 0.5) is 10.2 Å². The van der Waals surface area contributed by atoms with Crippen molar-refractivity contribution in [2.45, 2.75) is 33.2 Å². The van der Waals surface area contributed by atoms with Crippen LogP contribution in [0.25, 0.3) is 22.5 Å². The minimum Gasteiger partial charge on any atom is -0.317 e. The molecule has 0 fully saturated rings. The number of aromatic nitrogens is 4. The molecule has 4 aromatic rings. The predicted molar refractivity (Wildman–Crippen MR) is 125 cm³/mol. The first-order chi connectivity index (χ1) is 15.8. The molecule has 0 aliphatic carbocycles. The molecule has 2 aromatic carbocycles. The fraction of sp³-hybridized carbons (Fsp3) is 0.231. The number of hydrogen-bond acceptors (Lipinski definition) is 4. The molecule has 6 nitrogen and oxygen atoms in total. The minimum absolute atomic E-state index is 0.0549. The van der Waals surface area contributed by atoms with E-state index in [4.69, 9.17) is 4.98 Å². The summed E-state index contributed by atoms with van der Waals surface area (Å²) in [6.07, 6.45) is 1.59. The number of anilines is 1. The number of aryl methyl sites for hydroxylation is 2. The summed E-state index contributed by atoms with van der Waals surface area (Å²) in [5.41, 5.74) is 5.90. The highest BCUT2D eigenvalue weighted by molar-refractivity contribution is 6.09. The van der Waals surface area contributed by atoms with E-state index in [2.05, 4.69) is 24.0 Å². The average Bonchev–Trinajstić information content (AvgIpc) is 3.36. The lowest BCUT2D eigenvalue weighted by molar-refractivity contribution is 0.0996. The summed E-state index contributed by atoms with van der Waals surface area (Å²) in [6.45, 7) is 6.58. The molecule has 0 spiro atoms. The van der Waals surface area contributed by atoms with Crippen LogP contribution in [0.15, 0.2) is 54.9 Å². The molecular weight excluding hydrogens is 417 g/mol. The van der Waals surface area contributed by atoms with Crippen LogP contribution in [0.5, 0.6) is 0 Å². The molecule has 5 rings (SSSR count). The van der Waals surface area contributed by atoms with Crippen molar-refractivity contribution < 1.29 is 9.18 Å². The van der Waals surface area contributed by atoms with Crippen LogP contribution >= 0.6 is 0 Å². The average molecular weight is 442 g/mol. The third-order valence-electron chi connectivity index (χ3n) is 6.01. The van der Waals surface area contributed by atoms with Crippen LogP contribution in [0.1, 0.15) is 46.9 Å². The van der Waals surface area contributed by atoms with Gasteiger partial charge in [-0.25, -0.2) is 9.37 Å². The summed E-state index contributed by atoms with van der Waals surface area (Å²) in [7, 11) is 1.82. The Balaban J connectivity index is 1.66. The second kappa shape index (κ2) is 7.92. The molecule has 166 valence electrons. The van der Waals surface area contributed by atoms with Gasteiger partial charge in [-0.2, -0.15) is 0 Å². The van der Waals surface area contributed by atoms with Gasteiger partial charge in [0.25, 0.3) is 5.91 Å². The second-order valence-electron chi connectivity index (χ2n) is 8.80. The van der Waals surface area contributed by atoms with Crippen LogP contribution in [0.3, 0.4) is 0 Å². The molecule has 3 heterocycles. The van der Waals surface area contributed by atoms with Crippen molar-refractivity contribution in [1.29, 1.82) is 0 Å². The van der Waals surface area contributed by atoms with Crippen molar-refractivity contribution in [2.24, 2.45) is 7.05 Å². The lowest BCUT2D eigenvalue weighted by Gasteiger charge is -2.19. The maximum absolute atomic E-state index is 14.2. The number of carbonyl (C=O) groups excluding carboxylic acids is 1. The van der Waals surface area contributed by atoms with Crippen molar-refractivity contribution in [1.82, 2.24) is 19.7 Å². The molecule has 7 heteroatoms. The number of carbonyl (C=O) groups is 1. The zero-order valence-electron chi connectivity index (χ0n) is 19.0. The van der Waals surface area contributed by atoms with Crippen molar-refractivity contribution in [3.63, 3.8) is 0 Å². The third-order valence-corrected chi connectivity index (χ3v) is 6.01. The van der Waals surface area contributed by atoms with Crippen LogP contribution in [-0.2, 0) is 13.6 Å². The zero-order chi connectivity index (χ0) is 23.3. The number of hydrogen-bond donors (Lipinski definition) is 0. The number of fused-ring (bicyclic) bond motifs is 1. The number of amides is 1. The minimum atomic E-state index is -0.351. The molecule has 1 amide bonds. The fourth-order valence-electron chi connectivity index (χ4n) is 4.21. The van der Waals surface area contributed by atoms with E-state index >= 15 is 0 Å². The van der Waals surface area contributed by atoms with Gasteiger partial charge in [0.15, 0.2) is 5.82 Å². The molecule has 0 radical (unpaired) electrons. The molecular formula is C26H24FN5O. The largest absolute Gasteiger partial charge is 0.317 e. The molecule has 0 unspecified atom stereocenters. The third kappa shape index (κ3) is 3.69. The Morgan fingerprint density at radius 3 is 2.55 bits per heavy atom. The van der Waals surface area contributed by atoms with Crippen LogP contribution < -0.4 is 4.90 Å². The lowest BCUT2D eigenvalue weighted by Crippen LogP contribution is -2.24. The van der Waals surface area contributed by atoms with E-state index in [9.17, 15) is 9.18 Å². The molecule has 1 aliphatic rings. The van der Waals surface area contributed by atoms with Gasteiger partial charge in [0, 0.05) is 23.9 Å². The lowest BCUT2D eigenvalue weighted by atomic mass is 9.97.